The van der Waals surface area contributed by atoms with E-state index in [0.717, 1.165) is 75.9 Å². The van der Waals surface area contributed by atoms with E-state index in [4.69, 9.17) is 5.11 Å². The van der Waals surface area contributed by atoms with Gasteiger partial charge in [-0.1, -0.05) is 19.8 Å². The maximum Gasteiger partial charge on any atom is 0.416 e. The molecule has 0 aliphatic heterocycles. The topological polar surface area (TPSA) is 69.6 Å². The molecule has 2 rings (SSSR count). The third-order valence-electron chi connectivity index (χ3n) is 5.97. The molecule has 172 valence electrons. The smallest absolute Gasteiger partial charge is 0.395 e. The fourth-order valence-corrected chi connectivity index (χ4v) is 5.15. The summed E-state index contributed by atoms with van der Waals surface area (Å²) >= 11 is 0. The van der Waals surface area contributed by atoms with Gasteiger partial charge in [0.05, 0.1) is 17.1 Å². The highest BCUT2D eigenvalue weighted by Crippen LogP contribution is 2.32. The van der Waals surface area contributed by atoms with Crippen LogP contribution in [0.15, 0.2) is 29.2 Å². The van der Waals surface area contributed by atoms with Crippen molar-refractivity contribution < 1.29 is 26.7 Å². The summed E-state index contributed by atoms with van der Waals surface area (Å²) in [5.41, 5.74) is -0.863. The molecule has 0 bridgehead atoms. The van der Waals surface area contributed by atoms with Crippen molar-refractivity contribution in [2.45, 2.75) is 56.5 Å². The molecule has 0 heterocycles. The highest BCUT2D eigenvalue weighted by Gasteiger charge is 2.31. The van der Waals surface area contributed by atoms with Gasteiger partial charge in [-0.3, -0.25) is 0 Å². The fraction of sp³-hybridized carbons (Fsp3) is 0.714. The molecule has 0 aromatic heterocycles. The summed E-state index contributed by atoms with van der Waals surface area (Å²) in [5.74, 6) is 0.910. The zero-order valence-electron chi connectivity index (χ0n) is 17.5. The van der Waals surface area contributed by atoms with Crippen LogP contribution >= 0.6 is 0 Å². The van der Waals surface area contributed by atoms with Crippen molar-refractivity contribution in [3.05, 3.63) is 29.8 Å². The normalized spacial score (nSPS) is 20.6. The van der Waals surface area contributed by atoms with Crippen LogP contribution in [0.5, 0.6) is 0 Å². The van der Waals surface area contributed by atoms with Gasteiger partial charge >= 0.3 is 6.18 Å². The third kappa shape index (κ3) is 7.83. The van der Waals surface area contributed by atoms with Crippen LogP contribution in [-0.2, 0) is 16.2 Å². The van der Waals surface area contributed by atoms with E-state index in [0.29, 0.717) is 19.0 Å². The number of rotatable bonds is 11. The Balaban J connectivity index is 1.73. The predicted octanol–water partition coefficient (Wildman–Crippen LogP) is 3.88. The molecule has 1 fully saturated rings. The summed E-state index contributed by atoms with van der Waals surface area (Å²) in [6.07, 6.45) is 1.80. The lowest BCUT2D eigenvalue weighted by Gasteiger charge is -2.29. The van der Waals surface area contributed by atoms with Crippen LogP contribution in [0.2, 0.25) is 0 Å². The molecule has 1 aliphatic carbocycles. The minimum atomic E-state index is -4.48. The lowest BCUT2D eigenvalue weighted by molar-refractivity contribution is -0.137. The minimum Gasteiger partial charge on any atom is -0.395 e. The highest BCUT2D eigenvalue weighted by molar-refractivity contribution is 7.89. The first-order chi connectivity index (χ1) is 14.2. The molecular formula is C21H33F3N2O3S. The molecular weight excluding hydrogens is 417 g/mol. The minimum absolute atomic E-state index is 0.146. The zero-order chi connectivity index (χ0) is 22.2. The van der Waals surface area contributed by atoms with Gasteiger partial charge in [0.2, 0.25) is 10.0 Å². The van der Waals surface area contributed by atoms with Crippen molar-refractivity contribution >= 4 is 10.0 Å². The molecule has 0 unspecified atom stereocenters. The maximum absolute atomic E-state index is 12.6. The van der Waals surface area contributed by atoms with Gasteiger partial charge in [-0.2, -0.15) is 13.2 Å². The number of aliphatic hydroxyl groups excluding tert-OH is 1. The monoisotopic (exact) mass is 450 g/mol. The van der Waals surface area contributed by atoms with Crippen molar-refractivity contribution in [1.29, 1.82) is 0 Å². The molecule has 0 spiro atoms. The van der Waals surface area contributed by atoms with E-state index in [2.05, 4.69) is 16.5 Å². The van der Waals surface area contributed by atoms with Gasteiger partial charge in [0.15, 0.2) is 0 Å². The standard InChI is InChI=1S/C21H33F3N2O3S/c1-2-26(14-15-27)13-3-4-17-5-7-18(8-6-17)16-25-30(28,29)20-11-9-19(10-12-20)21(22,23)24/h9-12,17-18,25,27H,2-8,13-16H2,1H3. The molecule has 9 heteroatoms. The van der Waals surface area contributed by atoms with Gasteiger partial charge in [-0.25, -0.2) is 13.1 Å². The number of sulfonamides is 1. The first-order valence-electron chi connectivity index (χ1n) is 10.7. The van der Waals surface area contributed by atoms with Crippen LogP contribution in [0.1, 0.15) is 51.0 Å². The molecule has 0 radical (unpaired) electrons. The summed E-state index contributed by atoms with van der Waals surface area (Å²) in [4.78, 5) is 2.09. The first-order valence-corrected chi connectivity index (χ1v) is 12.1. The van der Waals surface area contributed by atoms with E-state index in [1.165, 1.54) is 0 Å². The second kappa shape index (κ2) is 11.5. The van der Waals surface area contributed by atoms with E-state index in [-0.39, 0.29) is 17.4 Å². The number of halogens is 3. The lowest BCUT2D eigenvalue weighted by Crippen LogP contribution is -2.31. The Bertz CT molecular complexity index is 731. The molecule has 2 N–H and O–H groups in total. The summed E-state index contributed by atoms with van der Waals surface area (Å²) in [6.45, 7) is 5.22. The van der Waals surface area contributed by atoms with E-state index < -0.39 is 21.8 Å². The number of likely N-dealkylation sites (N-methyl/N-ethyl adjacent to an activating group) is 1. The SMILES string of the molecule is CCN(CCO)CCCC1CCC(CNS(=O)(=O)c2ccc(C(F)(F)F)cc2)CC1. The Morgan fingerprint density at radius 2 is 1.67 bits per heavy atom. The van der Waals surface area contributed by atoms with Crippen molar-refractivity contribution in [3.8, 4) is 0 Å². The van der Waals surface area contributed by atoms with E-state index >= 15 is 0 Å². The van der Waals surface area contributed by atoms with Gasteiger partial charge in [0.25, 0.3) is 0 Å². The molecule has 1 aromatic carbocycles. The third-order valence-corrected chi connectivity index (χ3v) is 7.41. The molecule has 0 atom stereocenters. The largest absolute Gasteiger partial charge is 0.416 e. The lowest BCUT2D eigenvalue weighted by atomic mass is 9.80. The Kier molecular flexibility index (Phi) is 9.59. The number of nitrogens with zero attached hydrogens (tertiary/aromatic N) is 1. The van der Waals surface area contributed by atoms with Crippen LogP contribution in [0, 0.1) is 11.8 Å². The van der Waals surface area contributed by atoms with Crippen molar-refractivity contribution in [3.63, 3.8) is 0 Å². The number of alkyl halides is 3. The van der Waals surface area contributed by atoms with Gasteiger partial charge in [0, 0.05) is 13.1 Å². The second-order valence-corrected chi connectivity index (χ2v) is 9.83. The van der Waals surface area contributed by atoms with E-state index in [1.54, 1.807) is 0 Å². The summed E-state index contributed by atoms with van der Waals surface area (Å²) < 4.78 is 65.2. The molecule has 1 aliphatic rings. The van der Waals surface area contributed by atoms with Crippen molar-refractivity contribution in [2.24, 2.45) is 11.8 Å². The molecule has 0 amide bonds. The molecule has 0 saturated heterocycles. The fourth-order valence-electron chi connectivity index (χ4n) is 4.03. The number of hydrogen-bond donors (Lipinski definition) is 2. The average molecular weight is 451 g/mol. The number of hydrogen-bond acceptors (Lipinski definition) is 4. The Hall–Kier alpha value is -1.16. The van der Waals surface area contributed by atoms with Gasteiger partial charge in [-0.15, -0.1) is 0 Å². The maximum atomic E-state index is 12.6. The van der Waals surface area contributed by atoms with Crippen LogP contribution in [0.4, 0.5) is 13.2 Å². The Morgan fingerprint density at radius 1 is 1.07 bits per heavy atom. The van der Waals surface area contributed by atoms with Crippen LogP contribution in [0.3, 0.4) is 0 Å². The summed E-state index contributed by atoms with van der Waals surface area (Å²) in [5, 5.41) is 9.03. The number of benzene rings is 1. The van der Waals surface area contributed by atoms with Gasteiger partial charge < -0.3 is 10.0 Å². The van der Waals surface area contributed by atoms with E-state index in [9.17, 15) is 21.6 Å². The summed E-state index contributed by atoms with van der Waals surface area (Å²) in [6, 6.07) is 3.58. The molecule has 1 saturated carbocycles. The van der Waals surface area contributed by atoms with Crippen molar-refractivity contribution in [2.75, 3.05) is 32.8 Å². The predicted molar refractivity (Wildman–Crippen MR) is 111 cm³/mol. The van der Waals surface area contributed by atoms with Gasteiger partial charge in [-0.05, 0) is 74.9 Å². The van der Waals surface area contributed by atoms with Crippen LogP contribution in [0.25, 0.3) is 0 Å². The van der Waals surface area contributed by atoms with Crippen LogP contribution in [-0.4, -0.2) is 51.2 Å². The first kappa shape index (κ1) is 25.1. The summed E-state index contributed by atoms with van der Waals surface area (Å²) in [7, 11) is -3.81. The molecule has 30 heavy (non-hydrogen) atoms. The Labute approximate surface area is 177 Å². The highest BCUT2D eigenvalue weighted by atomic mass is 32.2. The van der Waals surface area contributed by atoms with E-state index in [1.807, 2.05) is 0 Å². The molecule has 5 nitrogen and oxygen atoms in total. The second-order valence-electron chi connectivity index (χ2n) is 8.06. The zero-order valence-corrected chi connectivity index (χ0v) is 18.3. The molecule has 1 aromatic rings. The Morgan fingerprint density at radius 3 is 2.20 bits per heavy atom. The van der Waals surface area contributed by atoms with Crippen molar-refractivity contribution in [1.82, 2.24) is 9.62 Å². The number of nitrogens with one attached hydrogen (secondary N) is 1. The van der Waals surface area contributed by atoms with Gasteiger partial charge in [0.1, 0.15) is 0 Å². The quantitative estimate of drug-likeness (QED) is 0.537. The number of aliphatic hydroxyl groups is 1. The van der Waals surface area contributed by atoms with Crippen LogP contribution < -0.4 is 4.72 Å². The average Bonchev–Trinajstić information content (AvgIpc) is 2.72.